The van der Waals surface area contributed by atoms with Crippen LogP contribution in [0.1, 0.15) is 20.8 Å². The molecule has 3 nitrogen and oxygen atoms in total. The van der Waals surface area contributed by atoms with Crippen LogP contribution < -0.4 is 5.73 Å². The van der Waals surface area contributed by atoms with Crippen molar-refractivity contribution in [1.82, 2.24) is 4.90 Å². The second-order valence-corrected chi connectivity index (χ2v) is 3.91. The van der Waals surface area contributed by atoms with E-state index in [2.05, 4.69) is 25.7 Å². The van der Waals surface area contributed by atoms with Crippen LogP contribution in [0.2, 0.25) is 0 Å². The Bertz CT molecular complexity index is 128. The lowest BCUT2D eigenvalue weighted by Gasteiger charge is -2.39. The second kappa shape index (κ2) is 4.21. The number of hydrogen-bond acceptors (Lipinski definition) is 3. The number of hydrogen-bond donors (Lipinski definition) is 1. The maximum absolute atomic E-state index is 5.77. The van der Waals surface area contributed by atoms with E-state index < -0.39 is 0 Å². The van der Waals surface area contributed by atoms with Crippen molar-refractivity contribution in [2.45, 2.75) is 38.9 Å². The van der Waals surface area contributed by atoms with Crippen molar-refractivity contribution in [3.8, 4) is 0 Å². The Morgan fingerprint density at radius 2 is 1.92 bits per heavy atom. The van der Waals surface area contributed by atoms with Crippen molar-refractivity contribution in [3.63, 3.8) is 0 Å². The molecule has 3 heteroatoms. The van der Waals surface area contributed by atoms with Crippen LogP contribution in [0.3, 0.4) is 0 Å². The van der Waals surface area contributed by atoms with Gasteiger partial charge in [-0.3, -0.25) is 4.90 Å². The SMILES string of the molecule is CC(N)CN1C(C)COCC1C. The molecule has 0 aliphatic carbocycles. The Balaban J connectivity index is 2.45. The van der Waals surface area contributed by atoms with Gasteiger partial charge < -0.3 is 10.5 Å². The average molecular weight is 172 g/mol. The Hall–Kier alpha value is -0.120. The molecule has 1 aliphatic rings. The maximum atomic E-state index is 5.77. The highest BCUT2D eigenvalue weighted by Gasteiger charge is 2.25. The quantitative estimate of drug-likeness (QED) is 0.657. The van der Waals surface area contributed by atoms with Gasteiger partial charge in [-0.25, -0.2) is 0 Å². The molecule has 1 heterocycles. The van der Waals surface area contributed by atoms with Gasteiger partial charge in [0.25, 0.3) is 0 Å². The first-order chi connectivity index (χ1) is 5.61. The molecule has 0 amide bonds. The van der Waals surface area contributed by atoms with Crippen LogP contribution in [0.5, 0.6) is 0 Å². The molecule has 1 aliphatic heterocycles. The third-order valence-electron chi connectivity index (χ3n) is 2.35. The maximum Gasteiger partial charge on any atom is 0.0620 e. The highest BCUT2D eigenvalue weighted by molar-refractivity contribution is 4.79. The summed E-state index contributed by atoms with van der Waals surface area (Å²) < 4.78 is 5.42. The molecule has 72 valence electrons. The summed E-state index contributed by atoms with van der Waals surface area (Å²) in [6, 6.07) is 1.28. The van der Waals surface area contributed by atoms with Crippen LogP contribution in [0.15, 0.2) is 0 Å². The van der Waals surface area contributed by atoms with E-state index in [1.54, 1.807) is 0 Å². The van der Waals surface area contributed by atoms with E-state index in [0.29, 0.717) is 12.1 Å². The van der Waals surface area contributed by atoms with Gasteiger partial charge in [-0.15, -0.1) is 0 Å². The van der Waals surface area contributed by atoms with Crippen molar-refractivity contribution in [2.75, 3.05) is 19.8 Å². The first kappa shape index (κ1) is 9.96. The first-order valence-corrected chi connectivity index (χ1v) is 4.70. The smallest absolute Gasteiger partial charge is 0.0620 e. The van der Waals surface area contributed by atoms with Gasteiger partial charge in [-0.05, 0) is 20.8 Å². The molecule has 0 aromatic heterocycles. The molecule has 2 N–H and O–H groups in total. The van der Waals surface area contributed by atoms with Crippen LogP contribution in [-0.2, 0) is 4.74 Å². The molecular formula is C9H20N2O. The van der Waals surface area contributed by atoms with Crippen LogP contribution in [-0.4, -0.2) is 42.8 Å². The van der Waals surface area contributed by atoms with Crippen molar-refractivity contribution in [3.05, 3.63) is 0 Å². The Kier molecular flexibility index (Phi) is 3.50. The Morgan fingerprint density at radius 1 is 1.42 bits per heavy atom. The van der Waals surface area contributed by atoms with Crippen molar-refractivity contribution >= 4 is 0 Å². The van der Waals surface area contributed by atoms with Crippen molar-refractivity contribution < 1.29 is 4.74 Å². The predicted molar refractivity (Wildman–Crippen MR) is 50.1 cm³/mol. The van der Waals surface area contributed by atoms with E-state index in [1.807, 2.05) is 0 Å². The minimum absolute atomic E-state index is 0.257. The Labute approximate surface area is 74.9 Å². The van der Waals surface area contributed by atoms with Gasteiger partial charge in [-0.1, -0.05) is 0 Å². The number of rotatable bonds is 2. The topological polar surface area (TPSA) is 38.5 Å². The molecule has 0 aromatic rings. The molecule has 3 unspecified atom stereocenters. The highest BCUT2D eigenvalue weighted by atomic mass is 16.5. The fourth-order valence-corrected chi connectivity index (χ4v) is 1.73. The summed E-state index contributed by atoms with van der Waals surface area (Å²) >= 11 is 0. The van der Waals surface area contributed by atoms with Crippen LogP contribution in [0.25, 0.3) is 0 Å². The third kappa shape index (κ3) is 2.44. The van der Waals surface area contributed by atoms with Crippen LogP contribution >= 0.6 is 0 Å². The number of nitrogens with zero attached hydrogens (tertiary/aromatic N) is 1. The molecule has 0 aromatic carbocycles. The van der Waals surface area contributed by atoms with Crippen LogP contribution in [0, 0.1) is 0 Å². The predicted octanol–water partition coefficient (Wildman–Crippen LogP) is 0.443. The zero-order valence-electron chi connectivity index (χ0n) is 8.29. The lowest BCUT2D eigenvalue weighted by atomic mass is 10.1. The molecular weight excluding hydrogens is 152 g/mol. The van der Waals surface area contributed by atoms with Gasteiger partial charge in [0.05, 0.1) is 13.2 Å². The third-order valence-corrected chi connectivity index (χ3v) is 2.35. The minimum atomic E-state index is 0.257. The first-order valence-electron chi connectivity index (χ1n) is 4.70. The van der Waals surface area contributed by atoms with E-state index in [4.69, 9.17) is 10.5 Å². The van der Waals surface area contributed by atoms with Gasteiger partial charge in [0.1, 0.15) is 0 Å². The normalized spacial score (nSPS) is 35.0. The fourth-order valence-electron chi connectivity index (χ4n) is 1.73. The molecule has 3 atom stereocenters. The summed E-state index contributed by atoms with van der Waals surface area (Å²) in [5, 5.41) is 0. The van der Waals surface area contributed by atoms with Crippen molar-refractivity contribution in [2.24, 2.45) is 5.73 Å². The molecule has 0 radical (unpaired) electrons. The lowest BCUT2D eigenvalue weighted by Crippen LogP contribution is -2.52. The summed E-state index contributed by atoms with van der Waals surface area (Å²) in [4.78, 5) is 2.42. The zero-order chi connectivity index (χ0) is 9.14. The standard InChI is InChI=1S/C9H20N2O/c1-7(10)4-11-8(2)5-12-6-9(11)3/h7-9H,4-6,10H2,1-3H3. The van der Waals surface area contributed by atoms with E-state index in [-0.39, 0.29) is 6.04 Å². The summed E-state index contributed by atoms with van der Waals surface area (Å²) in [5.74, 6) is 0. The fraction of sp³-hybridized carbons (Fsp3) is 1.00. The van der Waals surface area contributed by atoms with Gasteiger partial charge in [0, 0.05) is 24.7 Å². The summed E-state index contributed by atoms with van der Waals surface area (Å²) in [6.45, 7) is 9.10. The van der Waals surface area contributed by atoms with E-state index in [9.17, 15) is 0 Å². The summed E-state index contributed by atoms with van der Waals surface area (Å²) in [7, 11) is 0. The summed E-state index contributed by atoms with van der Waals surface area (Å²) in [6.07, 6.45) is 0. The van der Waals surface area contributed by atoms with Gasteiger partial charge >= 0.3 is 0 Å². The lowest BCUT2D eigenvalue weighted by molar-refractivity contribution is -0.0381. The Morgan fingerprint density at radius 3 is 2.33 bits per heavy atom. The number of ether oxygens (including phenoxy) is 1. The molecule has 1 rings (SSSR count). The van der Waals surface area contributed by atoms with Gasteiger partial charge in [0.15, 0.2) is 0 Å². The molecule has 1 fully saturated rings. The minimum Gasteiger partial charge on any atom is -0.378 e. The molecule has 0 bridgehead atoms. The van der Waals surface area contributed by atoms with Gasteiger partial charge in [0.2, 0.25) is 0 Å². The molecule has 1 saturated heterocycles. The van der Waals surface area contributed by atoms with E-state index in [0.717, 1.165) is 19.8 Å². The van der Waals surface area contributed by atoms with E-state index >= 15 is 0 Å². The zero-order valence-corrected chi connectivity index (χ0v) is 8.29. The molecule has 0 spiro atoms. The van der Waals surface area contributed by atoms with E-state index in [1.165, 1.54) is 0 Å². The number of nitrogens with two attached hydrogens (primary N) is 1. The largest absolute Gasteiger partial charge is 0.378 e. The highest BCUT2D eigenvalue weighted by Crippen LogP contribution is 2.12. The molecule has 0 saturated carbocycles. The second-order valence-electron chi connectivity index (χ2n) is 3.91. The summed E-state index contributed by atoms with van der Waals surface area (Å²) in [5.41, 5.74) is 5.77. The molecule has 12 heavy (non-hydrogen) atoms. The van der Waals surface area contributed by atoms with Crippen LogP contribution in [0.4, 0.5) is 0 Å². The van der Waals surface area contributed by atoms with Gasteiger partial charge in [-0.2, -0.15) is 0 Å². The monoisotopic (exact) mass is 172 g/mol. The average Bonchev–Trinajstić information content (AvgIpc) is 1.97. The number of morpholine rings is 1. The van der Waals surface area contributed by atoms with Crippen molar-refractivity contribution in [1.29, 1.82) is 0 Å².